The zero-order chi connectivity index (χ0) is 12.0. The Kier molecular flexibility index (Phi) is 4.79. The Bertz CT molecular complexity index is 362. The van der Waals surface area contributed by atoms with Crippen molar-refractivity contribution in [1.29, 1.82) is 0 Å². The van der Waals surface area contributed by atoms with Crippen LogP contribution in [-0.4, -0.2) is 45.7 Å². The third-order valence-electron chi connectivity index (χ3n) is 2.19. The van der Waals surface area contributed by atoms with Crippen LogP contribution in [0.3, 0.4) is 0 Å². The normalized spacial score (nSPS) is 10.8. The van der Waals surface area contributed by atoms with Crippen molar-refractivity contribution in [3.63, 3.8) is 0 Å². The number of hydrogen-bond acceptors (Lipinski definition) is 4. The van der Waals surface area contributed by atoms with E-state index in [2.05, 4.69) is 4.99 Å². The quantitative estimate of drug-likeness (QED) is 0.761. The van der Waals surface area contributed by atoms with Gasteiger partial charge < -0.3 is 14.7 Å². The highest BCUT2D eigenvalue weighted by Gasteiger charge is 2.03. The average Bonchev–Trinajstić information content (AvgIpc) is 2.29. The van der Waals surface area contributed by atoms with E-state index < -0.39 is 0 Å². The molecule has 0 heterocycles. The van der Waals surface area contributed by atoms with E-state index in [0.717, 1.165) is 17.0 Å². The molecule has 16 heavy (non-hydrogen) atoms. The molecule has 4 nitrogen and oxygen atoms in total. The third-order valence-corrected chi connectivity index (χ3v) is 2.19. The summed E-state index contributed by atoms with van der Waals surface area (Å²) < 4.78 is 5.29. The third kappa shape index (κ3) is 3.24. The van der Waals surface area contributed by atoms with Crippen LogP contribution < -0.4 is 9.64 Å². The summed E-state index contributed by atoms with van der Waals surface area (Å²) in [6.07, 6.45) is 1.72. The summed E-state index contributed by atoms with van der Waals surface area (Å²) in [5, 5.41) is 8.64. The Hall–Kier alpha value is -1.55. The van der Waals surface area contributed by atoms with Gasteiger partial charge in [-0.05, 0) is 12.1 Å². The van der Waals surface area contributed by atoms with E-state index in [1.54, 1.807) is 13.3 Å². The number of aliphatic hydroxyl groups is 1. The van der Waals surface area contributed by atoms with Gasteiger partial charge in [-0.2, -0.15) is 0 Å². The summed E-state index contributed by atoms with van der Waals surface area (Å²) in [5.74, 6) is 0.785. The van der Waals surface area contributed by atoms with E-state index >= 15 is 0 Å². The molecule has 0 aliphatic carbocycles. The average molecular weight is 222 g/mol. The van der Waals surface area contributed by atoms with Gasteiger partial charge in [0.2, 0.25) is 0 Å². The van der Waals surface area contributed by atoms with Crippen LogP contribution in [0.2, 0.25) is 0 Å². The number of rotatable bonds is 5. The van der Waals surface area contributed by atoms with Gasteiger partial charge in [-0.1, -0.05) is 0 Å². The number of anilines is 1. The lowest BCUT2D eigenvalue weighted by atomic mass is 10.2. The van der Waals surface area contributed by atoms with Gasteiger partial charge in [0.15, 0.2) is 0 Å². The molecule has 0 saturated carbocycles. The van der Waals surface area contributed by atoms with Crippen LogP contribution in [0.25, 0.3) is 0 Å². The van der Waals surface area contributed by atoms with Gasteiger partial charge in [0.1, 0.15) is 5.75 Å². The highest BCUT2D eigenvalue weighted by atomic mass is 16.5. The highest BCUT2D eigenvalue weighted by Crippen LogP contribution is 2.23. The predicted molar refractivity (Wildman–Crippen MR) is 66.9 cm³/mol. The van der Waals surface area contributed by atoms with E-state index in [0.29, 0.717) is 6.54 Å². The van der Waals surface area contributed by atoms with E-state index in [9.17, 15) is 0 Å². The molecule has 0 aliphatic rings. The van der Waals surface area contributed by atoms with Gasteiger partial charge in [0, 0.05) is 37.6 Å². The van der Waals surface area contributed by atoms with Crippen molar-refractivity contribution >= 4 is 11.9 Å². The molecule has 0 aliphatic heterocycles. The summed E-state index contributed by atoms with van der Waals surface area (Å²) in [6.45, 7) is 0.479. The molecule has 0 saturated heterocycles. The monoisotopic (exact) mass is 222 g/mol. The SMILES string of the molecule is COc1cc(N(C)C)ccc1/C=N/CCO. The smallest absolute Gasteiger partial charge is 0.129 e. The molecular weight excluding hydrogens is 204 g/mol. The maximum Gasteiger partial charge on any atom is 0.129 e. The molecule has 0 atom stereocenters. The van der Waals surface area contributed by atoms with Crippen molar-refractivity contribution < 1.29 is 9.84 Å². The largest absolute Gasteiger partial charge is 0.496 e. The molecule has 1 aromatic rings. The van der Waals surface area contributed by atoms with Crippen molar-refractivity contribution in [3.8, 4) is 5.75 Å². The molecule has 1 N–H and O–H groups in total. The number of ether oxygens (including phenoxy) is 1. The standard InChI is InChI=1S/C12H18N2O2/c1-14(2)11-5-4-10(9-13-6-7-15)12(8-11)16-3/h4-5,8-9,15H,6-7H2,1-3H3/b13-9+. The maximum atomic E-state index is 8.64. The zero-order valence-electron chi connectivity index (χ0n) is 9.97. The Morgan fingerprint density at radius 3 is 2.75 bits per heavy atom. The lowest BCUT2D eigenvalue weighted by Crippen LogP contribution is -2.08. The van der Waals surface area contributed by atoms with Gasteiger partial charge in [-0.3, -0.25) is 4.99 Å². The number of methoxy groups -OCH3 is 1. The van der Waals surface area contributed by atoms with Crippen LogP contribution >= 0.6 is 0 Å². The van der Waals surface area contributed by atoms with Gasteiger partial charge >= 0.3 is 0 Å². The lowest BCUT2D eigenvalue weighted by Gasteiger charge is -2.14. The Balaban J connectivity index is 2.93. The van der Waals surface area contributed by atoms with Gasteiger partial charge in [0.25, 0.3) is 0 Å². The van der Waals surface area contributed by atoms with Crippen LogP contribution in [0.4, 0.5) is 5.69 Å². The minimum absolute atomic E-state index is 0.0641. The van der Waals surface area contributed by atoms with Gasteiger partial charge in [0.05, 0.1) is 20.3 Å². The lowest BCUT2D eigenvalue weighted by molar-refractivity contribution is 0.307. The second-order valence-corrected chi connectivity index (χ2v) is 3.58. The van der Waals surface area contributed by atoms with Crippen LogP contribution in [0.1, 0.15) is 5.56 Å². The first-order chi connectivity index (χ1) is 7.69. The van der Waals surface area contributed by atoms with Crippen LogP contribution in [0.5, 0.6) is 5.75 Å². The number of benzene rings is 1. The summed E-state index contributed by atoms with van der Waals surface area (Å²) in [6, 6.07) is 5.91. The number of hydrogen-bond donors (Lipinski definition) is 1. The fourth-order valence-electron chi connectivity index (χ4n) is 1.31. The molecule has 0 spiro atoms. The molecule has 0 amide bonds. The van der Waals surface area contributed by atoms with Gasteiger partial charge in [-0.25, -0.2) is 0 Å². The Morgan fingerprint density at radius 1 is 1.44 bits per heavy atom. The first-order valence-corrected chi connectivity index (χ1v) is 5.15. The van der Waals surface area contributed by atoms with Crippen LogP contribution in [-0.2, 0) is 0 Å². The molecule has 0 unspecified atom stereocenters. The predicted octanol–water partition coefficient (Wildman–Crippen LogP) is 1.17. The highest BCUT2D eigenvalue weighted by molar-refractivity contribution is 5.84. The Labute approximate surface area is 96.2 Å². The molecule has 0 fully saturated rings. The fourth-order valence-corrected chi connectivity index (χ4v) is 1.31. The van der Waals surface area contributed by atoms with E-state index in [4.69, 9.17) is 9.84 Å². The maximum absolute atomic E-state index is 8.64. The van der Waals surface area contributed by atoms with Crippen molar-refractivity contribution in [3.05, 3.63) is 23.8 Å². The van der Waals surface area contributed by atoms with Crippen molar-refractivity contribution in [2.45, 2.75) is 0 Å². The molecule has 1 rings (SSSR count). The van der Waals surface area contributed by atoms with E-state index in [1.807, 2.05) is 37.2 Å². The summed E-state index contributed by atoms with van der Waals surface area (Å²) in [7, 11) is 5.60. The first-order valence-electron chi connectivity index (χ1n) is 5.15. The number of nitrogens with zero attached hydrogens (tertiary/aromatic N) is 2. The van der Waals surface area contributed by atoms with Gasteiger partial charge in [-0.15, -0.1) is 0 Å². The molecule has 1 aromatic carbocycles. The molecule has 4 heteroatoms. The zero-order valence-corrected chi connectivity index (χ0v) is 9.97. The number of aliphatic hydroxyl groups excluding tert-OH is 1. The molecular formula is C12H18N2O2. The minimum Gasteiger partial charge on any atom is -0.496 e. The Morgan fingerprint density at radius 2 is 2.19 bits per heavy atom. The fraction of sp³-hybridized carbons (Fsp3) is 0.417. The first kappa shape index (κ1) is 12.5. The second kappa shape index (κ2) is 6.12. The van der Waals surface area contributed by atoms with Crippen molar-refractivity contribution in [2.75, 3.05) is 39.3 Å². The van der Waals surface area contributed by atoms with Crippen molar-refractivity contribution in [1.82, 2.24) is 0 Å². The van der Waals surface area contributed by atoms with Crippen LogP contribution in [0.15, 0.2) is 23.2 Å². The summed E-state index contributed by atoms with van der Waals surface area (Å²) >= 11 is 0. The molecule has 0 radical (unpaired) electrons. The topological polar surface area (TPSA) is 45.1 Å². The van der Waals surface area contributed by atoms with Crippen LogP contribution in [0, 0.1) is 0 Å². The molecule has 88 valence electrons. The van der Waals surface area contributed by atoms with E-state index in [-0.39, 0.29) is 6.61 Å². The second-order valence-electron chi connectivity index (χ2n) is 3.58. The minimum atomic E-state index is 0.0641. The number of aliphatic imine (C=N–C) groups is 1. The molecule has 0 bridgehead atoms. The van der Waals surface area contributed by atoms with Crippen molar-refractivity contribution in [2.24, 2.45) is 4.99 Å². The summed E-state index contributed by atoms with van der Waals surface area (Å²) in [5.41, 5.74) is 2.00. The molecule has 0 aromatic heterocycles. The summed E-state index contributed by atoms with van der Waals surface area (Å²) in [4.78, 5) is 6.09. The van der Waals surface area contributed by atoms with E-state index in [1.165, 1.54) is 0 Å².